The lowest BCUT2D eigenvalue weighted by Crippen LogP contribution is -2.19. The molecule has 5 aromatic rings. The van der Waals surface area contributed by atoms with Gasteiger partial charge in [0.15, 0.2) is 0 Å². The molecule has 40 heavy (non-hydrogen) atoms. The summed E-state index contributed by atoms with van der Waals surface area (Å²) in [5, 5.41) is 8.35. The zero-order valence-electron chi connectivity index (χ0n) is 21.8. The van der Waals surface area contributed by atoms with Crippen molar-refractivity contribution in [1.29, 1.82) is 0 Å². The molecule has 3 aromatic heterocycles. The predicted molar refractivity (Wildman–Crippen MR) is 149 cm³/mol. The molecule has 0 aliphatic heterocycles. The number of aryl methyl sites for hydroxylation is 1. The second-order valence-electron chi connectivity index (χ2n) is 9.95. The van der Waals surface area contributed by atoms with Crippen LogP contribution in [0.4, 0.5) is 10.1 Å². The minimum atomic E-state index is -0.644. The number of aromatic nitrogens is 4. The van der Waals surface area contributed by atoms with E-state index in [4.69, 9.17) is 9.84 Å². The first kappa shape index (κ1) is 25.4. The number of carbonyl (C=O) groups excluding carboxylic acids is 2. The molecule has 1 aliphatic rings. The summed E-state index contributed by atoms with van der Waals surface area (Å²) in [5.41, 5.74) is 4.91. The van der Waals surface area contributed by atoms with Crippen molar-refractivity contribution in [3.05, 3.63) is 96.2 Å². The van der Waals surface area contributed by atoms with Crippen LogP contribution in [0.3, 0.4) is 0 Å². The first-order valence-corrected chi connectivity index (χ1v) is 13.1. The number of esters is 1. The van der Waals surface area contributed by atoms with E-state index in [1.54, 1.807) is 12.4 Å². The van der Waals surface area contributed by atoms with Crippen molar-refractivity contribution in [3.63, 3.8) is 0 Å². The van der Waals surface area contributed by atoms with Gasteiger partial charge in [0.05, 0.1) is 23.4 Å². The number of fused-ring (bicyclic) bond motifs is 1. The Kier molecular flexibility index (Phi) is 6.77. The molecule has 0 radical (unpaired) electrons. The van der Waals surface area contributed by atoms with Crippen LogP contribution in [0.25, 0.3) is 33.4 Å². The molecule has 1 fully saturated rings. The number of rotatable bonds is 8. The van der Waals surface area contributed by atoms with Gasteiger partial charge in [0.25, 0.3) is 0 Å². The first-order valence-electron chi connectivity index (χ1n) is 13.1. The number of benzene rings is 2. The van der Waals surface area contributed by atoms with Gasteiger partial charge in [-0.2, -0.15) is 5.10 Å². The zero-order chi connectivity index (χ0) is 27.6. The van der Waals surface area contributed by atoms with Gasteiger partial charge in [-0.3, -0.25) is 19.4 Å². The minimum Gasteiger partial charge on any atom is -0.462 e. The molecule has 1 aliphatic carbocycles. The lowest BCUT2D eigenvalue weighted by molar-refractivity contribution is -0.116. The molecule has 3 heterocycles. The van der Waals surface area contributed by atoms with E-state index in [1.807, 2.05) is 55.5 Å². The Morgan fingerprint density at radius 3 is 2.73 bits per heavy atom. The Balaban J connectivity index is 1.28. The van der Waals surface area contributed by atoms with Crippen molar-refractivity contribution < 1.29 is 18.7 Å². The second kappa shape index (κ2) is 10.7. The summed E-state index contributed by atoms with van der Waals surface area (Å²) in [6.07, 6.45) is 5.61. The lowest BCUT2D eigenvalue weighted by atomic mass is 10.0. The lowest BCUT2D eigenvalue weighted by Gasteiger charge is -2.09. The zero-order valence-corrected chi connectivity index (χ0v) is 21.8. The average molecular weight is 536 g/mol. The van der Waals surface area contributed by atoms with Crippen molar-refractivity contribution >= 4 is 28.5 Å². The van der Waals surface area contributed by atoms with E-state index < -0.39 is 17.7 Å². The topological polar surface area (TPSA) is 99.0 Å². The maximum absolute atomic E-state index is 14.3. The van der Waals surface area contributed by atoms with E-state index >= 15 is 0 Å². The normalized spacial score (nSPS) is 12.8. The van der Waals surface area contributed by atoms with Gasteiger partial charge in [-0.05, 0) is 73.7 Å². The third-order valence-corrected chi connectivity index (χ3v) is 6.70. The number of hydrogen-bond donors (Lipinski definition) is 1. The number of pyridine rings is 2. The van der Waals surface area contributed by atoms with Crippen molar-refractivity contribution in [2.45, 2.75) is 26.3 Å². The number of nitrogens with zero attached hydrogens (tertiary/aromatic N) is 4. The summed E-state index contributed by atoms with van der Waals surface area (Å²) in [4.78, 5) is 34.5. The van der Waals surface area contributed by atoms with Crippen molar-refractivity contribution in [2.24, 2.45) is 5.92 Å². The summed E-state index contributed by atoms with van der Waals surface area (Å²) in [5.74, 6) is -1.30. The van der Waals surface area contributed by atoms with Gasteiger partial charge in [-0.1, -0.05) is 24.3 Å². The fraction of sp³-hybridized carbons (Fsp3) is 0.194. The molecule has 6 rings (SSSR count). The first-order chi connectivity index (χ1) is 19.4. The van der Waals surface area contributed by atoms with E-state index in [1.165, 1.54) is 10.7 Å². The van der Waals surface area contributed by atoms with E-state index in [0.29, 0.717) is 23.9 Å². The number of ether oxygens (including phenoxy) is 1. The summed E-state index contributed by atoms with van der Waals surface area (Å²) in [6, 6.07) is 19.1. The molecule has 0 bridgehead atoms. The van der Waals surface area contributed by atoms with E-state index in [2.05, 4.69) is 15.3 Å². The average Bonchev–Trinajstić information content (AvgIpc) is 3.69. The standard InChI is InChI=1S/C31H26FN5O3/c1-19-5-4-8-28(34-19)30-26(24-11-12-33-27-7-3-2-6-25(24)27)16-37(36-30)17-29(38)35-23-14-21(13-22(32)15-23)31(39)40-18-20-9-10-20/h2-8,11-16,20H,9-10,17-18H2,1H3,(H,35,38). The molecule has 9 heteroatoms. The fourth-order valence-electron chi connectivity index (χ4n) is 4.58. The molecule has 2 aromatic carbocycles. The fourth-order valence-corrected chi connectivity index (χ4v) is 4.58. The van der Waals surface area contributed by atoms with Crippen LogP contribution in [-0.4, -0.2) is 38.2 Å². The Labute approximate surface area is 229 Å². The number of nitrogens with one attached hydrogen (secondary N) is 1. The number of hydrogen-bond acceptors (Lipinski definition) is 6. The second-order valence-corrected chi connectivity index (χ2v) is 9.95. The third-order valence-electron chi connectivity index (χ3n) is 6.70. The Hall–Kier alpha value is -4.92. The van der Waals surface area contributed by atoms with Gasteiger partial charge in [-0.15, -0.1) is 0 Å². The van der Waals surface area contributed by atoms with E-state index in [-0.39, 0.29) is 17.8 Å². The molecule has 0 saturated heterocycles. The molecule has 8 nitrogen and oxygen atoms in total. The van der Waals surface area contributed by atoms with Crippen molar-refractivity contribution in [1.82, 2.24) is 19.7 Å². The maximum Gasteiger partial charge on any atom is 0.338 e. The minimum absolute atomic E-state index is 0.0506. The van der Waals surface area contributed by atoms with Crippen LogP contribution in [-0.2, 0) is 16.1 Å². The van der Waals surface area contributed by atoms with Crippen LogP contribution >= 0.6 is 0 Å². The van der Waals surface area contributed by atoms with Crippen LogP contribution in [0.1, 0.15) is 28.9 Å². The molecule has 200 valence electrons. The Morgan fingerprint density at radius 1 is 1.05 bits per heavy atom. The molecule has 0 spiro atoms. The maximum atomic E-state index is 14.3. The van der Waals surface area contributed by atoms with E-state index in [9.17, 15) is 14.0 Å². The molecule has 0 unspecified atom stereocenters. The largest absolute Gasteiger partial charge is 0.462 e. The number of halogens is 1. The van der Waals surface area contributed by atoms with Gasteiger partial charge in [0, 0.05) is 34.7 Å². The Bertz CT molecular complexity index is 1740. The van der Waals surface area contributed by atoms with Crippen LogP contribution in [0.2, 0.25) is 0 Å². The summed E-state index contributed by atoms with van der Waals surface area (Å²) in [6.45, 7) is 2.09. The van der Waals surface area contributed by atoms with Gasteiger partial charge in [0.2, 0.25) is 5.91 Å². The number of amides is 1. The predicted octanol–water partition coefficient (Wildman–Crippen LogP) is 5.81. The highest BCUT2D eigenvalue weighted by molar-refractivity contribution is 5.98. The highest BCUT2D eigenvalue weighted by atomic mass is 19.1. The molecule has 1 N–H and O–H groups in total. The molecular weight excluding hydrogens is 509 g/mol. The molecule has 0 atom stereocenters. The van der Waals surface area contributed by atoms with Gasteiger partial charge in [0.1, 0.15) is 18.1 Å². The SMILES string of the molecule is Cc1cccc(-c2nn(CC(=O)Nc3cc(F)cc(C(=O)OCC4CC4)c3)cc2-c2ccnc3ccccc23)n1. The Morgan fingerprint density at radius 2 is 1.90 bits per heavy atom. The summed E-state index contributed by atoms with van der Waals surface area (Å²) < 4.78 is 21.1. The summed E-state index contributed by atoms with van der Waals surface area (Å²) in [7, 11) is 0. The quantitative estimate of drug-likeness (QED) is 0.252. The van der Waals surface area contributed by atoms with Crippen LogP contribution in [0.5, 0.6) is 0 Å². The number of carbonyl (C=O) groups is 2. The number of anilines is 1. The van der Waals surface area contributed by atoms with E-state index in [0.717, 1.165) is 52.7 Å². The summed E-state index contributed by atoms with van der Waals surface area (Å²) >= 11 is 0. The van der Waals surface area contributed by atoms with Gasteiger partial charge in [-0.25, -0.2) is 9.18 Å². The highest BCUT2D eigenvalue weighted by Crippen LogP contribution is 2.34. The van der Waals surface area contributed by atoms with Crippen LogP contribution in [0, 0.1) is 18.7 Å². The molecule has 1 amide bonds. The third kappa shape index (κ3) is 5.58. The van der Waals surface area contributed by atoms with Gasteiger partial charge < -0.3 is 10.1 Å². The smallest absolute Gasteiger partial charge is 0.338 e. The van der Waals surface area contributed by atoms with Crippen LogP contribution < -0.4 is 5.32 Å². The number of para-hydroxylation sites is 1. The molecular formula is C31H26FN5O3. The van der Waals surface area contributed by atoms with Crippen LogP contribution in [0.15, 0.2) is 79.1 Å². The van der Waals surface area contributed by atoms with Crippen molar-refractivity contribution in [2.75, 3.05) is 11.9 Å². The highest BCUT2D eigenvalue weighted by Gasteiger charge is 2.24. The van der Waals surface area contributed by atoms with Crippen molar-refractivity contribution in [3.8, 4) is 22.5 Å². The molecule has 1 saturated carbocycles. The van der Waals surface area contributed by atoms with Gasteiger partial charge >= 0.3 is 5.97 Å². The monoisotopic (exact) mass is 535 g/mol.